The van der Waals surface area contributed by atoms with Gasteiger partial charge in [0, 0.05) is 27.2 Å². The molecule has 2 N–H and O–H groups in total. The summed E-state index contributed by atoms with van der Waals surface area (Å²) < 4.78 is 15.9. The molecule has 7 nitrogen and oxygen atoms in total. The molecule has 0 saturated carbocycles. The van der Waals surface area contributed by atoms with Crippen molar-refractivity contribution in [3.05, 3.63) is 24.3 Å². The number of likely N-dealkylation sites (N-methyl/N-ethyl adjacent to an activating group) is 1. The van der Waals surface area contributed by atoms with Crippen molar-refractivity contribution in [3.8, 4) is 11.5 Å². The Balaban J connectivity index is 2.11. The molecule has 0 radical (unpaired) electrons. The predicted molar refractivity (Wildman–Crippen MR) is 102 cm³/mol. The van der Waals surface area contributed by atoms with E-state index in [9.17, 15) is 0 Å². The third-order valence-electron chi connectivity index (χ3n) is 3.63. The minimum Gasteiger partial charge on any atom is -0.497 e. The van der Waals surface area contributed by atoms with Crippen LogP contribution in [0.3, 0.4) is 0 Å². The zero-order valence-electron chi connectivity index (χ0n) is 15.9. The number of benzene rings is 1. The van der Waals surface area contributed by atoms with E-state index in [1.807, 2.05) is 24.3 Å². The van der Waals surface area contributed by atoms with Crippen molar-refractivity contribution in [1.29, 1.82) is 0 Å². The Morgan fingerprint density at radius 2 is 1.68 bits per heavy atom. The highest BCUT2D eigenvalue weighted by atomic mass is 16.5. The average Bonchev–Trinajstić information content (AvgIpc) is 2.65. The number of methoxy groups -OCH3 is 2. The van der Waals surface area contributed by atoms with Gasteiger partial charge >= 0.3 is 0 Å². The lowest BCUT2D eigenvalue weighted by molar-refractivity contribution is 0.161. The van der Waals surface area contributed by atoms with Crippen molar-refractivity contribution in [2.24, 2.45) is 4.99 Å². The standard InChI is InChI=1S/C18H32N4O3/c1-19-18(20-10-5-12-22(2)13-15-23-3)21-11-14-25-17-8-6-16(24-4)7-9-17/h6-9H,5,10-15H2,1-4H3,(H2,19,20,21). The van der Waals surface area contributed by atoms with Gasteiger partial charge in [-0.05, 0) is 44.3 Å². The maximum Gasteiger partial charge on any atom is 0.191 e. The summed E-state index contributed by atoms with van der Waals surface area (Å²) in [6, 6.07) is 7.55. The molecule has 0 aliphatic heterocycles. The lowest BCUT2D eigenvalue weighted by Crippen LogP contribution is -2.40. The van der Waals surface area contributed by atoms with Gasteiger partial charge in [-0.3, -0.25) is 4.99 Å². The van der Waals surface area contributed by atoms with Crippen LogP contribution in [0.5, 0.6) is 11.5 Å². The molecule has 0 aromatic heterocycles. The minimum atomic E-state index is 0.562. The van der Waals surface area contributed by atoms with Crippen LogP contribution >= 0.6 is 0 Å². The van der Waals surface area contributed by atoms with E-state index in [0.717, 1.165) is 50.1 Å². The molecule has 1 rings (SSSR count). The van der Waals surface area contributed by atoms with E-state index in [4.69, 9.17) is 14.2 Å². The summed E-state index contributed by atoms with van der Waals surface area (Å²) in [5.74, 6) is 2.44. The van der Waals surface area contributed by atoms with Crippen molar-refractivity contribution in [1.82, 2.24) is 15.5 Å². The number of hydrogen-bond donors (Lipinski definition) is 2. The Morgan fingerprint density at radius 3 is 2.32 bits per heavy atom. The molecule has 1 aromatic rings. The van der Waals surface area contributed by atoms with Crippen molar-refractivity contribution >= 4 is 5.96 Å². The van der Waals surface area contributed by atoms with Crippen molar-refractivity contribution in [2.45, 2.75) is 6.42 Å². The van der Waals surface area contributed by atoms with Gasteiger partial charge in [-0.25, -0.2) is 0 Å². The number of guanidine groups is 1. The molecule has 0 atom stereocenters. The van der Waals surface area contributed by atoms with Crippen molar-refractivity contribution in [3.63, 3.8) is 0 Å². The highest BCUT2D eigenvalue weighted by molar-refractivity contribution is 5.79. The number of nitrogens with one attached hydrogen (secondary N) is 2. The minimum absolute atomic E-state index is 0.562. The van der Waals surface area contributed by atoms with Crippen molar-refractivity contribution in [2.75, 3.05) is 67.7 Å². The number of ether oxygens (including phenoxy) is 3. The second-order valence-electron chi connectivity index (χ2n) is 5.60. The van der Waals surface area contributed by atoms with Gasteiger partial charge in [-0.15, -0.1) is 0 Å². The van der Waals surface area contributed by atoms with E-state index in [0.29, 0.717) is 13.2 Å². The molecule has 0 amide bonds. The molecule has 25 heavy (non-hydrogen) atoms. The first-order valence-corrected chi connectivity index (χ1v) is 8.58. The van der Waals surface area contributed by atoms with Crippen LogP contribution in [0, 0.1) is 0 Å². The fraction of sp³-hybridized carbons (Fsp3) is 0.611. The van der Waals surface area contributed by atoms with E-state index < -0.39 is 0 Å². The quantitative estimate of drug-likeness (QED) is 0.335. The van der Waals surface area contributed by atoms with E-state index >= 15 is 0 Å². The Labute approximate surface area is 151 Å². The Hall–Kier alpha value is -1.99. The molecule has 0 bridgehead atoms. The first-order chi connectivity index (χ1) is 12.2. The number of aliphatic imine (C=N–C) groups is 1. The lowest BCUT2D eigenvalue weighted by atomic mass is 10.3. The molecule has 0 unspecified atom stereocenters. The van der Waals surface area contributed by atoms with Crippen LogP contribution in [-0.2, 0) is 4.74 Å². The van der Waals surface area contributed by atoms with Gasteiger partial charge in [0.1, 0.15) is 18.1 Å². The summed E-state index contributed by atoms with van der Waals surface area (Å²) in [7, 11) is 7.24. The van der Waals surface area contributed by atoms with Gasteiger partial charge in [-0.2, -0.15) is 0 Å². The molecule has 0 heterocycles. The third kappa shape index (κ3) is 9.79. The lowest BCUT2D eigenvalue weighted by Gasteiger charge is -2.17. The molecule has 7 heteroatoms. The third-order valence-corrected chi connectivity index (χ3v) is 3.63. The van der Waals surface area contributed by atoms with E-state index in [2.05, 4.69) is 27.6 Å². The Bertz CT molecular complexity index is 480. The van der Waals surface area contributed by atoms with Crippen LogP contribution in [0.4, 0.5) is 0 Å². The van der Waals surface area contributed by atoms with Crippen molar-refractivity contribution < 1.29 is 14.2 Å². The highest BCUT2D eigenvalue weighted by Crippen LogP contribution is 2.16. The Morgan fingerprint density at radius 1 is 1.00 bits per heavy atom. The summed E-state index contributed by atoms with van der Waals surface area (Å²) in [6.45, 7) is 4.85. The summed E-state index contributed by atoms with van der Waals surface area (Å²) in [5.41, 5.74) is 0. The second kappa shape index (κ2) is 13.3. The average molecular weight is 352 g/mol. The molecular formula is C18H32N4O3. The zero-order valence-corrected chi connectivity index (χ0v) is 15.9. The predicted octanol–water partition coefficient (Wildman–Crippen LogP) is 1.21. The van der Waals surface area contributed by atoms with E-state index in [1.54, 1.807) is 21.3 Å². The monoisotopic (exact) mass is 352 g/mol. The molecule has 0 aliphatic rings. The van der Waals surface area contributed by atoms with Crippen LogP contribution in [0.25, 0.3) is 0 Å². The summed E-state index contributed by atoms with van der Waals surface area (Å²) >= 11 is 0. The van der Waals surface area contributed by atoms with E-state index in [1.165, 1.54) is 0 Å². The largest absolute Gasteiger partial charge is 0.497 e. The van der Waals surface area contributed by atoms with Gasteiger partial charge in [-0.1, -0.05) is 0 Å². The van der Waals surface area contributed by atoms with Gasteiger partial charge < -0.3 is 29.7 Å². The molecule has 0 aliphatic carbocycles. The topological polar surface area (TPSA) is 67.4 Å². The number of nitrogens with zero attached hydrogens (tertiary/aromatic N) is 2. The van der Waals surface area contributed by atoms with E-state index in [-0.39, 0.29) is 0 Å². The molecule has 0 saturated heterocycles. The maximum absolute atomic E-state index is 5.68. The molecule has 0 fully saturated rings. The van der Waals surface area contributed by atoms with Crippen LogP contribution in [0.1, 0.15) is 6.42 Å². The molecule has 0 spiro atoms. The summed E-state index contributed by atoms with van der Waals surface area (Å²) in [5, 5.41) is 6.54. The normalized spacial score (nSPS) is 11.5. The number of hydrogen-bond acceptors (Lipinski definition) is 5. The number of rotatable bonds is 12. The van der Waals surface area contributed by atoms with Gasteiger partial charge in [0.15, 0.2) is 5.96 Å². The fourth-order valence-electron chi connectivity index (χ4n) is 2.15. The molecule has 1 aromatic carbocycles. The Kier molecular flexibility index (Phi) is 11.2. The first kappa shape index (κ1) is 21.1. The van der Waals surface area contributed by atoms with Gasteiger partial charge in [0.2, 0.25) is 0 Å². The first-order valence-electron chi connectivity index (χ1n) is 8.58. The summed E-state index contributed by atoms with van der Waals surface area (Å²) in [4.78, 5) is 6.46. The SMILES string of the molecule is CN=C(NCCCN(C)CCOC)NCCOc1ccc(OC)cc1. The van der Waals surface area contributed by atoms with Gasteiger partial charge in [0.25, 0.3) is 0 Å². The molecular weight excluding hydrogens is 320 g/mol. The van der Waals surface area contributed by atoms with Gasteiger partial charge in [0.05, 0.1) is 20.3 Å². The fourth-order valence-corrected chi connectivity index (χ4v) is 2.15. The maximum atomic E-state index is 5.68. The smallest absolute Gasteiger partial charge is 0.191 e. The summed E-state index contributed by atoms with van der Waals surface area (Å²) in [6.07, 6.45) is 1.04. The molecule has 142 valence electrons. The van der Waals surface area contributed by atoms with Crippen LogP contribution in [-0.4, -0.2) is 78.6 Å². The van der Waals surface area contributed by atoms with Crippen LogP contribution in [0.2, 0.25) is 0 Å². The van der Waals surface area contributed by atoms with Crippen LogP contribution in [0.15, 0.2) is 29.3 Å². The van der Waals surface area contributed by atoms with Crippen LogP contribution < -0.4 is 20.1 Å². The second-order valence-corrected chi connectivity index (χ2v) is 5.60. The zero-order chi connectivity index (χ0) is 18.3. The highest BCUT2D eigenvalue weighted by Gasteiger charge is 2.00.